The van der Waals surface area contributed by atoms with Crippen molar-refractivity contribution in [3.8, 4) is 0 Å². The van der Waals surface area contributed by atoms with E-state index in [1.807, 2.05) is 22.9 Å². The first kappa shape index (κ1) is 14.4. The van der Waals surface area contributed by atoms with E-state index >= 15 is 0 Å². The average molecular weight is 321 g/mol. The normalized spacial score (nSPS) is 11.2. The van der Waals surface area contributed by atoms with Crippen LogP contribution in [0.1, 0.15) is 21.4 Å². The van der Waals surface area contributed by atoms with Crippen LogP contribution in [0.2, 0.25) is 0 Å². The van der Waals surface area contributed by atoms with Crippen molar-refractivity contribution < 1.29 is 8.78 Å². The first-order valence-corrected chi connectivity index (χ1v) is 8.24. The van der Waals surface area contributed by atoms with Crippen molar-refractivity contribution >= 4 is 22.7 Å². The Morgan fingerprint density at radius 2 is 1.62 bits per heavy atom. The van der Waals surface area contributed by atoms with E-state index in [9.17, 15) is 8.78 Å². The summed E-state index contributed by atoms with van der Waals surface area (Å²) in [6.07, 6.45) is 0. The molecule has 0 fully saturated rings. The first-order valence-electron chi connectivity index (χ1n) is 6.48. The molecule has 0 aliphatic heterocycles. The molecule has 0 aliphatic rings. The second kappa shape index (κ2) is 6.47. The number of thiophene rings is 2. The van der Waals surface area contributed by atoms with E-state index in [2.05, 4.69) is 17.4 Å². The number of halogens is 2. The van der Waals surface area contributed by atoms with Crippen molar-refractivity contribution in [3.63, 3.8) is 0 Å². The Morgan fingerprint density at radius 1 is 0.952 bits per heavy atom. The molecule has 1 aromatic carbocycles. The highest BCUT2D eigenvalue weighted by atomic mass is 32.1. The molecule has 1 N–H and O–H groups in total. The van der Waals surface area contributed by atoms with E-state index in [4.69, 9.17) is 0 Å². The fourth-order valence-corrected chi connectivity index (χ4v) is 3.84. The summed E-state index contributed by atoms with van der Waals surface area (Å²) in [5.41, 5.74) is 0.467. The molecule has 0 atom stereocenters. The van der Waals surface area contributed by atoms with Crippen molar-refractivity contribution in [1.29, 1.82) is 0 Å². The summed E-state index contributed by atoms with van der Waals surface area (Å²) in [5.74, 6) is -1.07. The van der Waals surface area contributed by atoms with Gasteiger partial charge in [0.15, 0.2) is 0 Å². The van der Waals surface area contributed by atoms with Gasteiger partial charge in [-0.3, -0.25) is 0 Å². The molecule has 3 rings (SSSR count). The van der Waals surface area contributed by atoms with E-state index in [0.29, 0.717) is 12.1 Å². The van der Waals surface area contributed by atoms with E-state index < -0.39 is 11.6 Å². The van der Waals surface area contributed by atoms with Gasteiger partial charge in [-0.2, -0.15) is 0 Å². The Balaban J connectivity index is 1.79. The Morgan fingerprint density at radius 3 is 2.14 bits per heavy atom. The summed E-state index contributed by atoms with van der Waals surface area (Å²) in [5, 5.41) is 7.41. The van der Waals surface area contributed by atoms with Gasteiger partial charge in [0, 0.05) is 27.9 Å². The molecule has 21 heavy (non-hydrogen) atoms. The van der Waals surface area contributed by atoms with Crippen LogP contribution in [0.15, 0.2) is 53.2 Å². The lowest BCUT2D eigenvalue weighted by atomic mass is 10.1. The van der Waals surface area contributed by atoms with Crippen LogP contribution in [0, 0.1) is 11.6 Å². The zero-order valence-corrected chi connectivity index (χ0v) is 12.7. The summed E-state index contributed by atoms with van der Waals surface area (Å²) in [6, 6.07) is 11.8. The smallest absolute Gasteiger partial charge is 0.130 e. The summed E-state index contributed by atoms with van der Waals surface area (Å²) in [6.45, 7) is 0.354. The van der Waals surface area contributed by atoms with Gasteiger partial charge in [-0.15, -0.1) is 22.7 Å². The Hall–Kier alpha value is -1.56. The highest BCUT2D eigenvalue weighted by Crippen LogP contribution is 2.29. The zero-order chi connectivity index (χ0) is 14.7. The van der Waals surface area contributed by atoms with Gasteiger partial charge in [-0.1, -0.05) is 18.2 Å². The number of benzene rings is 1. The lowest BCUT2D eigenvalue weighted by Gasteiger charge is -2.16. The molecule has 0 saturated carbocycles. The van der Waals surface area contributed by atoms with Gasteiger partial charge in [0.1, 0.15) is 11.6 Å². The molecule has 1 nitrogen and oxygen atoms in total. The van der Waals surface area contributed by atoms with Crippen LogP contribution >= 0.6 is 22.7 Å². The maximum absolute atomic E-state index is 13.7. The van der Waals surface area contributed by atoms with Crippen LogP contribution in [-0.4, -0.2) is 0 Å². The summed E-state index contributed by atoms with van der Waals surface area (Å²) in [7, 11) is 0. The number of nitrogens with one attached hydrogen (secondary N) is 1. The fraction of sp³-hybridized carbons (Fsp3) is 0.125. The number of hydrogen-bond acceptors (Lipinski definition) is 3. The second-order valence-electron chi connectivity index (χ2n) is 4.58. The molecule has 0 saturated heterocycles. The predicted octanol–water partition coefficient (Wildman–Crippen LogP) is 4.97. The largest absolute Gasteiger partial charge is 0.301 e. The van der Waals surface area contributed by atoms with Crippen LogP contribution in [0.4, 0.5) is 8.78 Å². The lowest BCUT2D eigenvalue weighted by molar-refractivity contribution is 0.549. The second-order valence-corrected chi connectivity index (χ2v) is 6.54. The Labute approximate surface area is 129 Å². The average Bonchev–Trinajstić information content (AvgIpc) is 3.14. The molecule has 0 spiro atoms. The maximum atomic E-state index is 13.7. The summed E-state index contributed by atoms with van der Waals surface area (Å²) in [4.78, 5) is 2.36. The van der Waals surface area contributed by atoms with Crippen molar-refractivity contribution in [2.45, 2.75) is 12.6 Å². The Bertz CT molecular complexity index is 659. The van der Waals surface area contributed by atoms with Gasteiger partial charge in [0.2, 0.25) is 0 Å². The third-order valence-electron chi connectivity index (χ3n) is 3.17. The molecule has 0 unspecified atom stereocenters. The van der Waals surface area contributed by atoms with Crippen LogP contribution in [-0.2, 0) is 6.54 Å². The van der Waals surface area contributed by atoms with Crippen molar-refractivity contribution in [1.82, 2.24) is 5.32 Å². The molecule has 5 heteroatoms. The molecule has 2 aromatic heterocycles. The van der Waals surface area contributed by atoms with Crippen LogP contribution in [0.25, 0.3) is 0 Å². The molecule has 108 valence electrons. The minimum atomic E-state index is -0.552. The molecular weight excluding hydrogens is 308 g/mol. The standard InChI is InChI=1S/C16H13F2NS2/c17-12-6-5-11(13(18)9-12)10-19-16(14-3-1-7-20-14)15-4-2-8-21-15/h1-9,16,19H,10H2. The third kappa shape index (κ3) is 3.37. The molecule has 2 heterocycles. The number of rotatable bonds is 5. The zero-order valence-electron chi connectivity index (χ0n) is 11.1. The van der Waals surface area contributed by atoms with E-state index in [1.54, 1.807) is 22.7 Å². The molecule has 0 aliphatic carbocycles. The topological polar surface area (TPSA) is 12.0 Å². The van der Waals surface area contributed by atoms with Crippen LogP contribution < -0.4 is 5.32 Å². The van der Waals surface area contributed by atoms with Gasteiger partial charge in [-0.05, 0) is 29.0 Å². The molecular formula is C16H13F2NS2. The van der Waals surface area contributed by atoms with Crippen LogP contribution in [0.3, 0.4) is 0 Å². The van der Waals surface area contributed by atoms with Gasteiger partial charge in [-0.25, -0.2) is 8.78 Å². The maximum Gasteiger partial charge on any atom is 0.130 e. The molecule has 3 aromatic rings. The molecule has 0 bridgehead atoms. The number of hydrogen-bond donors (Lipinski definition) is 1. The summed E-state index contributed by atoms with van der Waals surface area (Å²) >= 11 is 3.32. The minimum absolute atomic E-state index is 0.0365. The van der Waals surface area contributed by atoms with Gasteiger partial charge in [0.05, 0.1) is 6.04 Å². The monoisotopic (exact) mass is 321 g/mol. The van der Waals surface area contributed by atoms with E-state index in [-0.39, 0.29) is 6.04 Å². The van der Waals surface area contributed by atoms with E-state index in [0.717, 1.165) is 6.07 Å². The SMILES string of the molecule is Fc1ccc(CNC(c2cccs2)c2cccs2)c(F)c1. The Kier molecular flexibility index (Phi) is 4.43. The lowest BCUT2D eigenvalue weighted by Crippen LogP contribution is -2.21. The molecule has 0 radical (unpaired) electrons. The fourth-order valence-electron chi connectivity index (χ4n) is 2.13. The van der Waals surface area contributed by atoms with Crippen LogP contribution in [0.5, 0.6) is 0 Å². The minimum Gasteiger partial charge on any atom is -0.301 e. The van der Waals surface area contributed by atoms with Crippen molar-refractivity contribution in [3.05, 3.63) is 80.2 Å². The molecule has 0 amide bonds. The van der Waals surface area contributed by atoms with Gasteiger partial charge >= 0.3 is 0 Å². The summed E-state index contributed by atoms with van der Waals surface area (Å²) < 4.78 is 26.6. The van der Waals surface area contributed by atoms with Gasteiger partial charge < -0.3 is 5.32 Å². The van der Waals surface area contributed by atoms with Crippen molar-refractivity contribution in [2.75, 3.05) is 0 Å². The highest BCUT2D eigenvalue weighted by molar-refractivity contribution is 7.11. The third-order valence-corrected chi connectivity index (χ3v) is 5.04. The first-order chi connectivity index (χ1) is 10.2. The quantitative estimate of drug-likeness (QED) is 0.700. The van der Waals surface area contributed by atoms with Gasteiger partial charge in [0.25, 0.3) is 0 Å². The van der Waals surface area contributed by atoms with E-state index in [1.165, 1.54) is 21.9 Å². The predicted molar refractivity (Wildman–Crippen MR) is 83.7 cm³/mol. The highest BCUT2D eigenvalue weighted by Gasteiger charge is 2.16. The van der Waals surface area contributed by atoms with Crippen molar-refractivity contribution in [2.24, 2.45) is 0 Å².